The van der Waals surface area contributed by atoms with Crippen LogP contribution < -0.4 is 9.64 Å². The molecule has 2 amide bonds. The van der Waals surface area contributed by atoms with Crippen LogP contribution in [0.4, 0.5) is 18.9 Å². The van der Waals surface area contributed by atoms with Crippen LogP contribution in [0.3, 0.4) is 0 Å². The number of hydrogen-bond acceptors (Lipinski definition) is 3. The summed E-state index contributed by atoms with van der Waals surface area (Å²) < 4.78 is 46.2. The number of fused-ring (bicyclic) bond motifs is 1. The van der Waals surface area contributed by atoms with Crippen molar-refractivity contribution >= 4 is 17.5 Å². The fourth-order valence-corrected chi connectivity index (χ4v) is 3.84. The average Bonchev–Trinajstić information content (AvgIpc) is 3.10. The Morgan fingerprint density at radius 3 is 1.79 bits per heavy atom. The summed E-state index contributed by atoms with van der Waals surface area (Å²) in [5, 5.41) is 0. The molecule has 0 bridgehead atoms. The van der Waals surface area contributed by atoms with E-state index in [0.717, 1.165) is 34.2 Å². The molecule has 0 saturated carbocycles. The Balaban J connectivity index is 1.53. The molecule has 4 aromatic rings. The lowest BCUT2D eigenvalue weighted by molar-refractivity contribution is -0.137. The molecule has 34 heavy (non-hydrogen) atoms. The molecule has 4 aromatic carbocycles. The van der Waals surface area contributed by atoms with Crippen molar-refractivity contribution in [2.24, 2.45) is 0 Å². The number of rotatable bonds is 4. The molecule has 1 aliphatic rings. The first-order valence-corrected chi connectivity index (χ1v) is 10.4. The standard InChI is InChI=1S/C27H16F3NO3/c28-27(29,30)19-12-15-24(34-20-13-10-18(11-14-20)17-6-2-1-3-7-17)23(16-19)31-25(32)21-8-4-5-9-22(21)26(31)33/h1-16H. The maximum absolute atomic E-state index is 13.4. The zero-order chi connectivity index (χ0) is 23.9. The predicted molar refractivity (Wildman–Crippen MR) is 121 cm³/mol. The summed E-state index contributed by atoms with van der Waals surface area (Å²) in [5.41, 5.74) is 0.918. The van der Waals surface area contributed by atoms with Gasteiger partial charge in [0.15, 0.2) is 5.75 Å². The molecule has 0 aliphatic carbocycles. The van der Waals surface area contributed by atoms with Gasteiger partial charge in [-0.25, -0.2) is 4.90 Å². The number of imide groups is 1. The highest BCUT2D eigenvalue weighted by molar-refractivity contribution is 6.34. The first-order valence-electron chi connectivity index (χ1n) is 10.4. The van der Waals surface area contributed by atoms with E-state index in [2.05, 4.69) is 0 Å². The number of anilines is 1. The van der Waals surface area contributed by atoms with Gasteiger partial charge in [0, 0.05) is 0 Å². The maximum Gasteiger partial charge on any atom is 0.416 e. The van der Waals surface area contributed by atoms with E-state index in [1.165, 1.54) is 12.1 Å². The van der Waals surface area contributed by atoms with Crippen molar-refractivity contribution in [3.8, 4) is 22.6 Å². The molecule has 168 valence electrons. The van der Waals surface area contributed by atoms with Crippen molar-refractivity contribution in [2.45, 2.75) is 6.18 Å². The van der Waals surface area contributed by atoms with Gasteiger partial charge in [-0.15, -0.1) is 0 Å². The van der Waals surface area contributed by atoms with Gasteiger partial charge in [-0.1, -0.05) is 54.6 Å². The van der Waals surface area contributed by atoms with Gasteiger partial charge in [-0.05, 0) is 53.6 Å². The van der Waals surface area contributed by atoms with Gasteiger partial charge >= 0.3 is 6.18 Å². The van der Waals surface area contributed by atoms with Gasteiger partial charge in [-0.2, -0.15) is 13.2 Å². The van der Waals surface area contributed by atoms with E-state index in [1.54, 1.807) is 24.3 Å². The van der Waals surface area contributed by atoms with Crippen LogP contribution in [0.15, 0.2) is 97.1 Å². The third-order valence-corrected chi connectivity index (χ3v) is 5.51. The molecule has 7 heteroatoms. The lowest BCUT2D eigenvalue weighted by Crippen LogP contribution is -2.30. The first kappa shape index (κ1) is 21.5. The average molecular weight is 459 g/mol. The number of alkyl halides is 3. The quantitative estimate of drug-likeness (QED) is 0.310. The molecule has 4 nitrogen and oxygen atoms in total. The van der Waals surface area contributed by atoms with Crippen molar-refractivity contribution in [1.29, 1.82) is 0 Å². The van der Waals surface area contributed by atoms with E-state index in [1.807, 2.05) is 42.5 Å². The highest BCUT2D eigenvalue weighted by atomic mass is 19.4. The summed E-state index contributed by atoms with van der Waals surface area (Å²) in [6, 6.07) is 25.5. The van der Waals surface area contributed by atoms with Crippen LogP contribution in [-0.2, 0) is 6.18 Å². The number of hydrogen-bond donors (Lipinski definition) is 0. The second kappa shape index (κ2) is 8.19. The van der Waals surface area contributed by atoms with Gasteiger partial charge in [0.25, 0.3) is 11.8 Å². The van der Waals surface area contributed by atoms with Crippen molar-refractivity contribution in [3.63, 3.8) is 0 Å². The predicted octanol–water partition coefficient (Wildman–Crippen LogP) is 6.97. The van der Waals surface area contributed by atoms with Crippen LogP contribution in [0, 0.1) is 0 Å². The summed E-state index contributed by atoms with van der Waals surface area (Å²) in [7, 11) is 0. The number of benzene rings is 4. The number of nitrogens with zero attached hydrogens (tertiary/aromatic N) is 1. The summed E-state index contributed by atoms with van der Waals surface area (Å²) in [4.78, 5) is 26.6. The molecular formula is C27H16F3NO3. The Hall–Kier alpha value is -4.39. The molecule has 0 aromatic heterocycles. The van der Waals surface area contributed by atoms with E-state index >= 15 is 0 Å². The summed E-state index contributed by atoms with van der Waals surface area (Å²) in [6.07, 6.45) is -4.66. The summed E-state index contributed by atoms with van der Waals surface area (Å²) >= 11 is 0. The highest BCUT2D eigenvalue weighted by Crippen LogP contribution is 2.41. The second-order valence-corrected chi connectivity index (χ2v) is 7.66. The van der Waals surface area contributed by atoms with Crippen LogP contribution in [0.25, 0.3) is 11.1 Å². The molecule has 0 atom stereocenters. The highest BCUT2D eigenvalue weighted by Gasteiger charge is 2.40. The number of ether oxygens (including phenoxy) is 1. The molecular weight excluding hydrogens is 443 g/mol. The van der Waals surface area contributed by atoms with Gasteiger partial charge in [-0.3, -0.25) is 9.59 Å². The summed E-state index contributed by atoms with van der Waals surface area (Å²) in [6.45, 7) is 0. The van der Waals surface area contributed by atoms with E-state index in [0.29, 0.717) is 5.75 Å². The van der Waals surface area contributed by atoms with E-state index in [4.69, 9.17) is 4.74 Å². The Bertz CT molecular complexity index is 1360. The van der Waals surface area contributed by atoms with Crippen LogP contribution in [0.5, 0.6) is 11.5 Å². The Labute approximate surface area is 192 Å². The Morgan fingerprint density at radius 2 is 1.21 bits per heavy atom. The van der Waals surface area contributed by atoms with Crippen molar-refractivity contribution in [2.75, 3.05) is 4.90 Å². The van der Waals surface area contributed by atoms with Crippen LogP contribution in [0.2, 0.25) is 0 Å². The number of halogens is 3. The topological polar surface area (TPSA) is 46.6 Å². The molecule has 1 heterocycles. The molecule has 0 saturated heterocycles. The molecule has 0 spiro atoms. The minimum absolute atomic E-state index is 0.0463. The molecule has 1 aliphatic heterocycles. The molecule has 0 unspecified atom stereocenters. The monoisotopic (exact) mass is 459 g/mol. The molecule has 0 fully saturated rings. The minimum Gasteiger partial charge on any atom is -0.455 e. The first-order chi connectivity index (χ1) is 16.3. The van der Waals surface area contributed by atoms with Crippen LogP contribution in [0.1, 0.15) is 26.3 Å². The lowest BCUT2D eigenvalue weighted by Gasteiger charge is -2.20. The largest absolute Gasteiger partial charge is 0.455 e. The minimum atomic E-state index is -4.66. The van der Waals surface area contributed by atoms with Gasteiger partial charge in [0.1, 0.15) is 5.75 Å². The third-order valence-electron chi connectivity index (χ3n) is 5.51. The molecule has 0 radical (unpaired) electrons. The zero-order valence-corrected chi connectivity index (χ0v) is 17.5. The smallest absolute Gasteiger partial charge is 0.416 e. The Morgan fingerprint density at radius 1 is 0.647 bits per heavy atom. The lowest BCUT2D eigenvalue weighted by atomic mass is 10.1. The van der Waals surface area contributed by atoms with Crippen LogP contribution in [-0.4, -0.2) is 11.8 Å². The molecule has 0 N–H and O–H groups in total. The summed E-state index contributed by atoms with van der Waals surface area (Å²) in [5.74, 6) is -1.11. The number of carbonyl (C=O) groups excluding carboxylic acids is 2. The normalized spacial score (nSPS) is 13.2. The fraction of sp³-hybridized carbons (Fsp3) is 0.0370. The van der Waals surface area contributed by atoms with Crippen molar-refractivity contribution < 1.29 is 27.5 Å². The van der Waals surface area contributed by atoms with Crippen molar-refractivity contribution in [3.05, 3.63) is 114 Å². The van der Waals surface area contributed by atoms with Gasteiger partial charge in [0.05, 0.1) is 22.4 Å². The Kier molecular flexibility index (Phi) is 5.17. The number of carbonyl (C=O) groups is 2. The zero-order valence-electron chi connectivity index (χ0n) is 17.5. The van der Waals surface area contributed by atoms with Gasteiger partial charge < -0.3 is 4.74 Å². The maximum atomic E-state index is 13.4. The second-order valence-electron chi connectivity index (χ2n) is 7.66. The third kappa shape index (κ3) is 3.81. The van der Waals surface area contributed by atoms with E-state index in [9.17, 15) is 22.8 Å². The fourth-order valence-electron chi connectivity index (χ4n) is 3.84. The van der Waals surface area contributed by atoms with E-state index in [-0.39, 0.29) is 22.6 Å². The molecule has 5 rings (SSSR count). The van der Waals surface area contributed by atoms with Crippen molar-refractivity contribution in [1.82, 2.24) is 0 Å². The number of amides is 2. The van der Waals surface area contributed by atoms with Crippen LogP contribution >= 0.6 is 0 Å². The SMILES string of the molecule is O=C1c2ccccc2C(=O)N1c1cc(C(F)(F)F)ccc1Oc1ccc(-c2ccccc2)cc1. The van der Waals surface area contributed by atoms with E-state index < -0.39 is 23.6 Å². The van der Waals surface area contributed by atoms with Gasteiger partial charge in [0.2, 0.25) is 0 Å².